The molecule has 0 fully saturated rings. The Labute approximate surface area is 114 Å². The maximum Gasteiger partial charge on any atom is 0.253 e. The van der Waals surface area contributed by atoms with Crippen LogP contribution in [-0.2, 0) is 16.0 Å². The van der Waals surface area contributed by atoms with Crippen LogP contribution in [0, 0.1) is 11.8 Å². The summed E-state index contributed by atoms with van der Waals surface area (Å²) in [6, 6.07) is 5.70. The van der Waals surface area contributed by atoms with Crippen molar-refractivity contribution in [1.29, 1.82) is 0 Å². The molecule has 0 bridgehead atoms. The van der Waals surface area contributed by atoms with E-state index in [1.165, 1.54) is 7.11 Å². The summed E-state index contributed by atoms with van der Waals surface area (Å²) in [7, 11) is 1.51. The van der Waals surface area contributed by atoms with Crippen molar-refractivity contribution in [3.63, 3.8) is 0 Å². The number of aryl methyl sites for hydroxylation is 1. The maximum atomic E-state index is 11.8. The third-order valence-corrected chi connectivity index (χ3v) is 2.80. The number of nitrogens with two attached hydrogens (primary N) is 1. The van der Waals surface area contributed by atoms with E-state index in [4.69, 9.17) is 10.5 Å². The van der Waals surface area contributed by atoms with Gasteiger partial charge in [0.2, 0.25) is 0 Å². The number of hydrogen-bond donors (Lipinski definition) is 2. The average Bonchev–Trinajstić information content (AvgIpc) is 2.44. The topological polar surface area (TPSA) is 64.3 Å². The van der Waals surface area contributed by atoms with Crippen molar-refractivity contribution < 1.29 is 9.53 Å². The van der Waals surface area contributed by atoms with Gasteiger partial charge in [0.05, 0.1) is 6.54 Å². The molecule has 1 aromatic rings. The summed E-state index contributed by atoms with van der Waals surface area (Å²) in [5.41, 5.74) is 8.09. The van der Waals surface area contributed by atoms with Gasteiger partial charge in [-0.2, -0.15) is 0 Å². The van der Waals surface area contributed by atoms with Gasteiger partial charge in [-0.3, -0.25) is 4.79 Å². The SMILES string of the molecule is CCc1cc(C#CCN)ccc1NC(=O)C(C)OC. The molecule has 0 spiro atoms. The van der Waals surface area contributed by atoms with E-state index in [2.05, 4.69) is 17.2 Å². The summed E-state index contributed by atoms with van der Waals surface area (Å²) in [4.78, 5) is 11.8. The van der Waals surface area contributed by atoms with Gasteiger partial charge in [0.1, 0.15) is 6.10 Å². The number of carbonyl (C=O) groups excluding carboxylic acids is 1. The number of anilines is 1. The van der Waals surface area contributed by atoms with E-state index in [1.807, 2.05) is 25.1 Å². The molecule has 0 saturated carbocycles. The van der Waals surface area contributed by atoms with Crippen LogP contribution in [0.15, 0.2) is 18.2 Å². The van der Waals surface area contributed by atoms with Crippen molar-refractivity contribution in [1.82, 2.24) is 0 Å². The van der Waals surface area contributed by atoms with Gasteiger partial charge in [-0.1, -0.05) is 18.8 Å². The van der Waals surface area contributed by atoms with Crippen LogP contribution in [0.25, 0.3) is 0 Å². The highest BCUT2D eigenvalue weighted by atomic mass is 16.5. The van der Waals surface area contributed by atoms with Gasteiger partial charge < -0.3 is 15.8 Å². The molecule has 0 aliphatic rings. The Morgan fingerprint density at radius 1 is 1.53 bits per heavy atom. The Bertz CT molecular complexity index is 501. The number of rotatable bonds is 4. The van der Waals surface area contributed by atoms with Crippen LogP contribution in [0.2, 0.25) is 0 Å². The molecule has 1 rings (SSSR count). The quantitative estimate of drug-likeness (QED) is 0.807. The van der Waals surface area contributed by atoms with Crippen molar-refractivity contribution in [2.24, 2.45) is 5.73 Å². The summed E-state index contributed by atoms with van der Waals surface area (Å²) in [5, 5.41) is 2.86. The number of amides is 1. The Morgan fingerprint density at radius 2 is 2.26 bits per heavy atom. The number of benzene rings is 1. The van der Waals surface area contributed by atoms with Gasteiger partial charge in [-0.15, -0.1) is 0 Å². The highest BCUT2D eigenvalue weighted by Gasteiger charge is 2.13. The second-order valence-electron chi connectivity index (χ2n) is 4.10. The second kappa shape index (κ2) is 7.57. The molecular formula is C15H20N2O2. The zero-order chi connectivity index (χ0) is 14.3. The van der Waals surface area contributed by atoms with E-state index in [0.717, 1.165) is 23.2 Å². The predicted octanol–water partition coefficient (Wildman–Crippen LogP) is 1.53. The molecule has 1 aromatic carbocycles. The third kappa shape index (κ3) is 4.40. The summed E-state index contributed by atoms with van der Waals surface area (Å²) >= 11 is 0. The number of ether oxygens (including phenoxy) is 1. The van der Waals surface area contributed by atoms with Crippen molar-refractivity contribution in [2.75, 3.05) is 19.0 Å². The normalized spacial score (nSPS) is 11.4. The summed E-state index contributed by atoms with van der Waals surface area (Å²) in [6.07, 6.45) is 0.344. The van der Waals surface area contributed by atoms with Gasteiger partial charge in [-0.05, 0) is 37.1 Å². The van der Waals surface area contributed by atoms with Gasteiger partial charge >= 0.3 is 0 Å². The molecule has 0 radical (unpaired) electrons. The van der Waals surface area contributed by atoms with Crippen molar-refractivity contribution in [2.45, 2.75) is 26.4 Å². The van der Waals surface area contributed by atoms with Crippen LogP contribution in [0.4, 0.5) is 5.69 Å². The van der Waals surface area contributed by atoms with Gasteiger partial charge in [0, 0.05) is 18.4 Å². The standard InChI is InChI=1S/C15H20N2O2/c1-4-13-10-12(6-5-9-16)7-8-14(13)17-15(18)11(2)19-3/h7-8,10-11H,4,9,16H2,1-3H3,(H,17,18). The van der Waals surface area contributed by atoms with E-state index >= 15 is 0 Å². The molecule has 1 atom stereocenters. The lowest BCUT2D eigenvalue weighted by Crippen LogP contribution is -2.27. The first-order valence-electron chi connectivity index (χ1n) is 6.27. The Balaban J connectivity index is 2.93. The van der Waals surface area contributed by atoms with E-state index in [0.29, 0.717) is 6.54 Å². The first-order chi connectivity index (χ1) is 9.12. The lowest BCUT2D eigenvalue weighted by molar-refractivity contribution is -0.124. The fourth-order valence-electron chi connectivity index (χ4n) is 1.58. The minimum atomic E-state index is -0.471. The smallest absolute Gasteiger partial charge is 0.253 e. The highest BCUT2D eigenvalue weighted by molar-refractivity contribution is 5.94. The molecule has 4 nitrogen and oxygen atoms in total. The molecule has 0 aliphatic carbocycles. The van der Waals surface area contributed by atoms with E-state index in [-0.39, 0.29) is 5.91 Å². The molecule has 0 saturated heterocycles. The Kier molecular flexibility index (Phi) is 6.07. The predicted molar refractivity (Wildman–Crippen MR) is 76.9 cm³/mol. The molecule has 1 amide bonds. The fourth-order valence-corrected chi connectivity index (χ4v) is 1.58. The molecule has 0 aliphatic heterocycles. The molecule has 1 unspecified atom stereocenters. The van der Waals surface area contributed by atoms with E-state index < -0.39 is 6.10 Å². The highest BCUT2D eigenvalue weighted by Crippen LogP contribution is 2.18. The average molecular weight is 260 g/mol. The van der Waals surface area contributed by atoms with Crippen LogP contribution >= 0.6 is 0 Å². The van der Waals surface area contributed by atoms with Gasteiger partial charge in [0.25, 0.3) is 5.91 Å². The molecule has 3 N–H and O–H groups in total. The van der Waals surface area contributed by atoms with Crippen molar-refractivity contribution in [3.8, 4) is 11.8 Å². The first-order valence-corrected chi connectivity index (χ1v) is 6.27. The van der Waals surface area contributed by atoms with Gasteiger partial charge in [-0.25, -0.2) is 0 Å². The Morgan fingerprint density at radius 3 is 2.84 bits per heavy atom. The van der Waals surface area contributed by atoms with Crippen molar-refractivity contribution in [3.05, 3.63) is 29.3 Å². The summed E-state index contributed by atoms with van der Waals surface area (Å²) < 4.78 is 4.99. The molecule has 0 aromatic heterocycles. The minimum Gasteiger partial charge on any atom is -0.372 e. The number of nitrogens with one attached hydrogen (secondary N) is 1. The minimum absolute atomic E-state index is 0.155. The van der Waals surface area contributed by atoms with E-state index in [9.17, 15) is 4.79 Å². The van der Waals surface area contributed by atoms with Crippen LogP contribution in [0.1, 0.15) is 25.0 Å². The summed E-state index contributed by atoms with van der Waals surface area (Å²) in [5.74, 6) is 5.64. The lowest BCUT2D eigenvalue weighted by Gasteiger charge is -2.13. The number of carbonyl (C=O) groups is 1. The molecule has 4 heteroatoms. The van der Waals surface area contributed by atoms with Gasteiger partial charge in [0.15, 0.2) is 0 Å². The first kappa shape index (κ1) is 15.2. The largest absolute Gasteiger partial charge is 0.372 e. The molecular weight excluding hydrogens is 240 g/mol. The lowest BCUT2D eigenvalue weighted by atomic mass is 10.1. The van der Waals surface area contributed by atoms with Crippen LogP contribution in [0.3, 0.4) is 0 Å². The third-order valence-electron chi connectivity index (χ3n) is 2.80. The summed E-state index contributed by atoms with van der Waals surface area (Å²) in [6.45, 7) is 4.08. The number of methoxy groups -OCH3 is 1. The zero-order valence-electron chi connectivity index (χ0n) is 11.6. The molecule has 19 heavy (non-hydrogen) atoms. The van der Waals surface area contributed by atoms with Crippen LogP contribution in [0.5, 0.6) is 0 Å². The van der Waals surface area contributed by atoms with Crippen LogP contribution < -0.4 is 11.1 Å². The van der Waals surface area contributed by atoms with E-state index in [1.54, 1.807) is 6.92 Å². The Hall–Kier alpha value is -1.83. The zero-order valence-corrected chi connectivity index (χ0v) is 11.6. The second-order valence-corrected chi connectivity index (χ2v) is 4.10. The number of hydrogen-bond acceptors (Lipinski definition) is 3. The van der Waals surface area contributed by atoms with Crippen LogP contribution in [-0.4, -0.2) is 25.7 Å². The molecule has 0 heterocycles. The maximum absolute atomic E-state index is 11.8. The van der Waals surface area contributed by atoms with Crippen molar-refractivity contribution >= 4 is 11.6 Å². The monoisotopic (exact) mass is 260 g/mol. The molecule has 102 valence electrons. The fraction of sp³-hybridized carbons (Fsp3) is 0.400.